The summed E-state index contributed by atoms with van der Waals surface area (Å²) in [5, 5.41) is 3.94. The second-order valence-corrected chi connectivity index (χ2v) is 3.67. The van der Waals surface area contributed by atoms with Crippen LogP contribution in [0.2, 0.25) is 0 Å². The molecule has 0 spiro atoms. The van der Waals surface area contributed by atoms with Crippen LogP contribution in [0.25, 0.3) is 0 Å². The van der Waals surface area contributed by atoms with Gasteiger partial charge in [0.2, 0.25) is 5.89 Å². The van der Waals surface area contributed by atoms with Gasteiger partial charge in [0.05, 0.1) is 6.04 Å². The van der Waals surface area contributed by atoms with Crippen molar-refractivity contribution in [2.75, 3.05) is 13.2 Å². The Balaban J connectivity index is 2.07. The lowest BCUT2D eigenvalue weighted by Crippen LogP contribution is -2.15. The highest BCUT2D eigenvalue weighted by molar-refractivity contribution is 4.98. The van der Waals surface area contributed by atoms with E-state index in [0.717, 1.165) is 31.9 Å². The van der Waals surface area contributed by atoms with Crippen molar-refractivity contribution in [1.29, 1.82) is 0 Å². The molecule has 14 heavy (non-hydrogen) atoms. The summed E-state index contributed by atoms with van der Waals surface area (Å²) >= 11 is 0. The van der Waals surface area contributed by atoms with Crippen LogP contribution in [-0.4, -0.2) is 23.4 Å². The molecule has 0 saturated carbocycles. The van der Waals surface area contributed by atoms with Gasteiger partial charge in [0.1, 0.15) is 0 Å². The van der Waals surface area contributed by atoms with Gasteiger partial charge in [-0.3, -0.25) is 0 Å². The topological polar surface area (TPSA) is 74.2 Å². The molecular weight excluding hydrogens is 182 g/mol. The Kier molecular flexibility index (Phi) is 2.79. The SMILES string of the molecule is C[C@H](N)c1nc(C2CCOCC2)no1. The molecule has 1 fully saturated rings. The molecule has 0 aliphatic carbocycles. The Morgan fingerprint density at radius 2 is 2.14 bits per heavy atom. The highest BCUT2D eigenvalue weighted by Crippen LogP contribution is 2.24. The number of nitrogens with zero attached hydrogens (tertiary/aromatic N) is 2. The smallest absolute Gasteiger partial charge is 0.243 e. The number of rotatable bonds is 2. The van der Waals surface area contributed by atoms with Crippen molar-refractivity contribution in [2.45, 2.75) is 31.7 Å². The normalized spacial score (nSPS) is 21.0. The van der Waals surface area contributed by atoms with Gasteiger partial charge in [-0.1, -0.05) is 5.16 Å². The number of ether oxygens (including phenoxy) is 1. The Morgan fingerprint density at radius 3 is 2.71 bits per heavy atom. The average molecular weight is 197 g/mol. The van der Waals surface area contributed by atoms with E-state index in [1.165, 1.54) is 0 Å². The van der Waals surface area contributed by atoms with Crippen LogP contribution >= 0.6 is 0 Å². The van der Waals surface area contributed by atoms with Crippen molar-refractivity contribution in [2.24, 2.45) is 5.73 Å². The van der Waals surface area contributed by atoms with Crippen LogP contribution in [0.1, 0.15) is 43.4 Å². The molecule has 0 aromatic carbocycles. The molecule has 0 amide bonds. The predicted molar refractivity (Wildman–Crippen MR) is 49.7 cm³/mol. The lowest BCUT2D eigenvalue weighted by atomic mass is 10.00. The average Bonchev–Trinajstić information content (AvgIpc) is 2.68. The van der Waals surface area contributed by atoms with Crippen LogP contribution in [0.3, 0.4) is 0 Å². The third-order valence-corrected chi connectivity index (χ3v) is 2.43. The maximum Gasteiger partial charge on any atom is 0.243 e. The summed E-state index contributed by atoms with van der Waals surface area (Å²) in [5.41, 5.74) is 5.64. The van der Waals surface area contributed by atoms with Gasteiger partial charge in [0.15, 0.2) is 5.82 Å². The molecule has 78 valence electrons. The summed E-state index contributed by atoms with van der Waals surface area (Å²) in [6, 6.07) is -0.184. The number of hydrogen-bond acceptors (Lipinski definition) is 5. The maximum atomic E-state index is 5.64. The Labute approximate surface area is 82.6 Å². The highest BCUT2D eigenvalue weighted by atomic mass is 16.5. The zero-order valence-corrected chi connectivity index (χ0v) is 8.27. The second kappa shape index (κ2) is 4.06. The van der Waals surface area contributed by atoms with E-state index < -0.39 is 0 Å². The van der Waals surface area contributed by atoms with E-state index in [9.17, 15) is 0 Å². The van der Waals surface area contributed by atoms with Gasteiger partial charge < -0.3 is 15.0 Å². The summed E-state index contributed by atoms with van der Waals surface area (Å²) < 4.78 is 10.3. The molecule has 1 saturated heterocycles. The van der Waals surface area contributed by atoms with Crippen molar-refractivity contribution >= 4 is 0 Å². The van der Waals surface area contributed by atoms with Crippen LogP contribution in [-0.2, 0) is 4.74 Å². The molecule has 1 aliphatic rings. The minimum Gasteiger partial charge on any atom is -0.381 e. The van der Waals surface area contributed by atoms with Crippen molar-refractivity contribution < 1.29 is 9.26 Å². The fourth-order valence-corrected chi connectivity index (χ4v) is 1.55. The van der Waals surface area contributed by atoms with Crippen LogP contribution < -0.4 is 5.73 Å². The van der Waals surface area contributed by atoms with Gasteiger partial charge in [0, 0.05) is 19.1 Å². The largest absolute Gasteiger partial charge is 0.381 e. The van der Waals surface area contributed by atoms with E-state index in [0.29, 0.717) is 11.8 Å². The third-order valence-electron chi connectivity index (χ3n) is 2.43. The Bertz CT molecular complexity index is 292. The minimum absolute atomic E-state index is 0.184. The number of aromatic nitrogens is 2. The minimum atomic E-state index is -0.184. The fraction of sp³-hybridized carbons (Fsp3) is 0.778. The standard InChI is InChI=1S/C9H15N3O2/c1-6(10)9-11-8(12-14-9)7-2-4-13-5-3-7/h6-7H,2-5,10H2,1H3/t6-/m0/s1. The summed E-state index contributed by atoms with van der Waals surface area (Å²) in [7, 11) is 0. The van der Waals surface area contributed by atoms with Gasteiger partial charge in [-0.05, 0) is 19.8 Å². The molecule has 0 bridgehead atoms. The molecule has 5 heteroatoms. The van der Waals surface area contributed by atoms with Crippen molar-refractivity contribution in [3.63, 3.8) is 0 Å². The first kappa shape index (κ1) is 9.61. The molecule has 5 nitrogen and oxygen atoms in total. The third kappa shape index (κ3) is 1.93. The first-order valence-corrected chi connectivity index (χ1v) is 4.94. The number of hydrogen-bond donors (Lipinski definition) is 1. The monoisotopic (exact) mass is 197 g/mol. The predicted octanol–water partition coefficient (Wildman–Crippen LogP) is 0.983. The van der Waals surface area contributed by atoms with Crippen molar-refractivity contribution in [3.05, 3.63) is 11.7 Å². The molecule has 1 aliphatic heterocycles. The van der Waals surface area contributed by atoms with Crippen molar-refractivity contribution in [3.8, 4) is 0 Å². The van der Waals surface area contributed by atoms with Gasteiger partial charge >= 0.3 is 0 Å². The number of nitrogens with two attached hydrogens (primary N) is 1. The van der Waals surface area contributed by atoms with Gasteiger partial charge in [-0.25, -0.2) is 0 Å². The van der Waals surface area contributed by atoms with E-state index in [-0.39, 0.29) is 6.04 Å². The summed E-state index contributed by atoms with van der Waals surface area (Å²) in [5.74, 6) is 1.67. The molecular formula is C9H15N3O2. The van der Waals surface area contributed by atoms with E-state index in [2.05, 4.69) is 10.1 Å². The Hall–Kier alpha value is -0.940. The fourth-order valence-electron chi connectivity index (χ4n) is 1.55. The van der Waals surface area contributed by atoms with Gasteiger partial charge in [-0.15, -0.1) is 0 Å². The molecule has 1 aromatic rings. The van der Waals surface area contributed by atoms with E-state index in [4.69, 9.17) is 15.0 Å². The first-order chi connectivity index (χ1) is 6.77. The highest BCUT2D eigenvalue weighted by Gasteiger charge is 2.21. The van der Waals surface area contributed by atoms with E-state index in [1.54, 1.807) is 0 Å². The van der Waals surface area contributed by atoms with Crippen LogP contribution in [0.5, 0.6) is 0 Å². The zero-order valence-electron chi connectivity index (χ0n) is 8.27. The van der Waals surface area contributed by atoms with E-state index >= 15 is 0 Å². The zero-order chi connectivity index (χ0) is 9.97. The molecule has 1 atom stereocenters. The summed E-state index contributed by atoms with van der Waals surface area (Å²) in [4.78, 5) is 4.28. The summed E-state index contributed by atoms with van der Waals surface area (Å²) in [6.45, 7) is 3.40. The van der Waals surface area contributed by atoms with Crippen LogP contribution in [0.4, 0.5) is 0 Å². The lowest BCUT2D eigenvalue weighted by molar-refractivity contribution is 0.0830. The molecule has 2 N–H and O–H groups in total. The molecule has 2 rings (SSSR count). The second-order valence-electron chi connectivity index (χ2n) is 3.67. The Morgan fingerprint density at radius 1 is 1.43 bits per heavy atom. The van der Waals surface area contributed by atoms with Gasteiger partial charge in [-0.2, -0.15) is 4.98 Å². The lowest BCUT2D eigenvalue weighted by Gasteiger charge is -2.18. The maximum absolute atomic E-state index is 5.64. The molecule has 0 unspecified atom stereocenters. The van der Waals surface area contributed by atoms with Crippen LogP contribution in [0, 0.1) is 0 Å². The van der Waals surface area contributed by atoms with Crippen LogP contribution in [0.15, 0.2) is 4.52 Å². The molecule has 2 heterocycles. The van der Waals surface area contributed by atoms with Crippen molar-refractivity contribution in [1.82, 2.24) is 10.1 Å². The van der Waals surface area contributed by atoms with Gasteiger partial charge in [0.25, 0.3) is 0 Å². The molecule has 0 radical (unpaired) electrons. The first-order valence-electron chi connectivity index (χ1n) is 4.94. The van der Waals surface area contributed by atoms with E-state index in [1.807, 2.05) is 6.92 Å². The molecule has 1 aromatic heterocycles. The summed E-state index contributed by atoms with van der Waals surface area (Å²) in [6.07, 6.45) is 1.94. The quantitative estimate of drug-likeness (QED) is 0.765.